The minimum Gasteiger partial charge on any atom is -0.312 e. The highest BCUT2D eigenvalue weighted by Gasteiger charge is 2.14. The lowest BCUT2D eigenvalue weighted by Crippen LogP contribution is -1.94. The van der Waals surface area contributed by atoms with E-state index in [1.165, 1.54) is 14.2 Å². The topological polar surface area (TPSA) is 27.7 Å². The van der Waals surface area contributed by atoms with Crippen LogP contribution in [0.3, 0.4) is 0 Å². The lowest BCUT2D eigenvalue weighted by molar-refractivity contribution is 0.202. The average molecular weight is 184 g/mol. The maximum atomic E-state index is 5.16. The Morgan fingerprint density at radius 3 is 2.10 bits per heavy atom. The molecule has 0 rings (SSSR count). The van der Waals surface area contributed by atoms with E-state index in [1.807, 2.05) is 6.92 Å². The van der Waals surface area contributed by atoms with Gasteiger partial charge in [-0.05, 0) is 18.2 Å². The van der Waals surface area contributed by atoms with Crippen LogP contribution >= 0.6 is 6.72 Å². The molecule has 0 saturated carbocycles. The Balaban J connectivity index is 3.70. The molecule has 0 aliphatic carbocycles. The van der Waals surface area contributed by atoms with Gasteiger partial charge in [0, 0.05) is 14.2 Å². The fourth-order valence-corrected chi connectivity index (χ4v) is 1.37. The molecule has 0 aromatic rings. The minimum absolute atomic E-state index is 0.596. The van der Waals surface area contributed by atoms with Crippen molar-refractivity contribution in [2.45, 2.75) is 13.3 Å². The molecule has 0 bridgehead atoms. The van der Waals surface area contributed by atoms with Gasteiger partial charge in [-0.2, -0.15) is 0 Å². The molecule has 0 aromatic carbocycles. The molecule has 10 heavy (non-hydrogen) atoms. The van der Waals surface area contributed by atoms with Crippen LogP contribution in [0.25, 0.3) is 0 Å². The summed E-state index contributed by atoms with van der Waals surface area (Å²) in [5, 5.41) is 0. The van der Waals surface area contributed by atoms with Gasteiger partial charge in [-0.3, -0.25) is 0 Å². The van der Waals surface area contributed by atoms with Crippen LogP contribution in [0.2, 0.25) is 0 Å². The molecule has 0 fully saturated rings. The summed E-state index contributed by atoms with van der Waals surface area (Å²) in [6, 6.07) is 0. The molecule has 0 unspecified atom stereocenters. The van der Waals surface area contributed by atoms with Crippen molar-refractivity contribution in [2.75, 3.05) is 20.8 Å². The quantitative estimate of drug-likeness (QED) is 0.610. The van der Waals surface area contributed by atoms with Gasteiger partial charge in [0.1, 0.15) is 0 Å². The number of hydrogen-bond acceptors (Lipinski definition) is 4. The summed E-state index contributed by atoms with van der Waals surface area (Å²) in [5.74, 6) is 0. The van der Waals surface area contributed by atoms with E-state index in [-0.39, 0.29) is 0 Å². The molecule has 0 spiro atoms. The van der Waals surface area contributed by atoms with Crippen molar-refractivity contribution >= 4 is 18.5 Å². The van der Waals surface area contributed by atoms with Crippen LogP contribution in [0.5, 0.6) is 0 Å². The molecule has 0 amide bonds. The molecule has 0 atom stereocenters. The summed E-state index contributed by atoms with van der Waals surface area (Å²) in [6.45, 7) is 0.237. The van der Waals surface area contributed by atoms with Gasteiger partial charge in [0.05, 0.1) is 6.61 Å². The Morgan fingerprint density at radius 2 is 1.80 bits per heavy atom. The molecule has 3 nitrogen and oxygen atoms in total. The molecule has 0 saturated heterocycles. The lowest BCUT2D eigenvalue weighted by atomic mass is 10.5. The second-order valence-electron chi connectivity index (χ2n) is 1.65. The van der Waals surface area contributed by atoms with E-state index < -0.39 is 6.72 Å². The van der Waals surface area contributed by atoms with Crippen molar-refractivity contribution in [3.63, 3.8) is 0 Å². The SMILES string of the molecule is CCCOP(=S)(OC)OC. The monoisotopic (exact) mass is 184 g/mol. The van der Waals surface area contributed by atoms with E-state index in [9.17, 15) is 0 Å². The summed E-state index contributed by atoms with van der Waals surface area (Å²) < 4.78 is 14.9. The van der Waals surface area contributed by atoms with Gasteiger partial charge in [0.25, 0.3) is 0 Å². The zero-order valence-corrected chi connectivity index (χ0v) is 8.21. The van der Waals surface area contributed by atoms with Gasteiger partial charge in [0.15, 0.2) is 0 Å². The first-order valence-electron chi connectivity index (χ1n) is 3.04. The molecule has 0 radical (unpaired) electrons. The Hall–Kier alpha value is 0.530. The van der Waals surface area contributed by atoms with Gasteiger partial charge in [-0.15, -0.1) is 0 Å². The second-order valence-corrected chi connectivity index (χ2v) is 4.87. The van der Waals surface area contributed by atoms with Crippen LogP contribution < -0.4 is 0 Å². The van der Waals surface area contributed by atoms with Crippen molar-refractivity contribution < 1.29 is 13.6 Å². The van der Waals surface area contributed by atoms with E-state index in [4.69, 9.17) is 25.4 Å². The van der Waals surface area contributed by atoms with Gasteiger partial charge in [0.2, 0.25) is 0 Å². The van der Waals surface area contributed by atoms with E-state index in [1.54, 1.807) is 0 Å². The van der Waals surface area contributed by atoms with Crippen LogP contribution in [0.15, 0.2) is 0 Å². The zero-order chi connectivity index (χ0) is 8.04. The third kappa shape index (κ3) is 3.64. The Kier molecular flexibility index (Phi) is 5.49. The smallest absolute Gasteiger partial charge is 0.312 e. The molecule has 0 aliphatic rings. The van der Waals surface area contributed by atoms with E-state index in [0.29, 0.717) is 6.61 Å². The second kappa shape index (κ2) is 5.22. The van der Waals surface area contributed by atoms with Crippen molar-refractivity contribution in [2.24, 2.45) is 0 Å². The highest BCUT2D eigenvalue weighted by atomic mass is 32.5. The Labute approximate surface area is 66.9 Å². The van der Waals surface area contributed by atoms with Crippen LogP contribution in [0.1, 0.15) is 13.3 Å². The first kappa shape index (κ1) is 10.5. The molecule has 5 heteroatoms. The maximum absolute atomic E-state index is 5.16. The fourth-order valence-electron chi connectivity index (χ4n) is 0.383. The number of rotatable bonds is 5. The molecule has 0 N–H and O–H groups in total. The molecule has 0 heterocycles. The van der Waals surface area contributed by atoms with Crippen LogP contribution in [-0.4, -0.2) is 20.8 Å². The average Bonchev–Trinajstić information content (AvgIpc) is 2.00. The summed E-state index contributed by atoms with van der Waals surface area (Å²) in [6.07, 6.45) is 0.922. The Morgan fingerprint density at radius 1 is 1.30 bits per heavy atom. The molecular formula is C5H13O3PS. The van der Waals surface area contributed by atoms with Crippen LogP contribution in [-0.2, 0) is 25.4 Å². The first-order chi connectivity index (χ1) is 4.68. The van der Waals surface area contributed by atoms with Crippen molar-refractivity contribution in [1.29, 1.82) is 0 Å². The fraction of sp³-hybridized carbons (Fsp3) is 1.00. The summed E-state index contributed by atoms with van der Waals surface area (Å²) in [4.78, 5) is 0. The van der Waals surface area contributed by atoms with Gasteiger partial charge in [-0.25, -0.2) is 0 Å². The lowest BCUT2D eigenvalue weighted by Gasteiger charge is -2.16. The zero-order valence-electron chi connectivity index (χ0n) is 6.49. The normalized spacial score (nSPS) is 11.9. The van der Waals surface area contributed by atoms with Crippen molar-refractivity contribution in [3.8, 4) is 0 Å². The highest BCUT2D eigenvalue weighted by Crippen LogP contribution is 2.47. The van der Waals surface area contributed by atoms with Crippen molar-refractivity contribution in [1.82, 2.24) is 0 Å². The standard InChI is InChI=1S/C5H13O3PS/c1-4-5-8-9(10,6-2)7-3/h4-5H2,1-3H3. The molecule has 0 aromatic heterocycles. The minimum atomic E-state index is -2.36. The summed E-state index contributed by atoms with van der Waals surface area (Å²) in [5.41, 5.74) is 0. The molecular weight excluding hydrogens is 171 g/mol. The van der Waals surface area contributed by atoms with E-state index in [2.05, 4.69) is 0 Å². The van der Waals surface area contributed by atoms with Gasteiger partial charge >= 0.3 is 6.72 Å². The maximum Gasteiger partial charge on any atom is 0.326 e. The van der Waals surface area contributed by atoms with Crippen molar-refractivity contribution in [3.05, 3.63) is 0 Å². The van der Waals surface area contributed by atoms with Gasteiger partial charge < -0.3 is 13.6 Å². The third-order valence-corrected chi connectivity index (χ3v) is 3.50. The van der Waals surface area contributed by atoms with Crippen LogP contribution in [0.4, 0.5) is 0 Å². The molecule has 0 aliphatic heterocycles. The number of hydrogen-bond donors (Lipinski definition) is 0. The summed E-state index contributed by atoms with van der Waals surface area (Å²) in [7, 11) is 3.00. The predicted octanol–water partition coefficient (Wildman–Crippen LogP) is 1.93. The predicted molar refractivity (Wildman–Crippen MR) is 44.5 cm³/mol. The van der Waals surface area contributed by atoms with Crippen LogP contribution in [0, 0.1) is 0 Å². The largest absolute Gasteiger partial charge is 0.326 e. The Bertz CT molecular complexity index is 120. The van der Waals surface area contributed by atoms with Gasteiger partial charge in [-0.1, -0.05) is 6.92 Å². The third-order valence-electron chi connectivity index (χ3n) is 0.901. The molecule has 62 valence electrons. The first-order valence-corrected chi connectivity index (χ1v) is 5.60. The van der Waals surface area contributed by atoms with E-state index in [0.717, 1.165) is 6.42 Å². The highest BCUT2D eigenvalue weighted by molar-refractivity contribution is 8.07. The summed E-state index contributed by atoms with van der Waals surface area (Å²) >= 11 is 4.91. The van der Waals surface area contributed by atoms with E-state index >= 15 is 0 Å².